The SMILES string of the molecule is N#C/C(=C\c1ccc(-c2ccc(-c3ccc(N(c4ccccc4)c4ccccc4)cc3)s2)s1)C(=O)O. The van der Waals surface area contributed by atoms with Gasteiger partial charge in [0.25, 0.3) is 0 Å². The zero-order valence-electron chi connectivity index (χ0n) is 19.0. The normalized spacial score (nSPS) is 11.1. The van der Waals surface area contributed by atoms with Crippen LogP contribution in [-0.4, -0.2) is 11.1 Å². The molecular weight excluding hydrogens is 484 g/mol. The molecule has 0 bridgehead atoms. The van der Waals surface area contributed by atoms with E-state index < -0.39 is 5.97 Å². The van der Waals surface area contributed by atoms with Crippen molar-refractivity contribution >= 4 is 51.8 Å². The number of benzene rings is 3. The van der Waals surface area contributed by atoms with Gasteiger partial charge in [-0.3, -0.25) is 0 Å². The molecule has 5 rings (SSSR count). The average molecular weight is 505 g/mol. The van der Waals surface area contributed by atoms with E-state index in [1.165, 1.54) is 17.4 Å². The van der Waals surface area contributed by atoms with E-state index in [0.717, 1.165) is 42.1 Å². The van der Waals surface area contributed by atoms with E-state index in [1.54, 1.807) is 17.4 Å². The first-order chi connectivity index (χ1) is 17.6. The zero-order valence-corrected chi connectivity index (χ0v) is 20.7. The highest BCUT2D eigenvalue weighted by Gasteiger charge is 2.13. The number of nitrogens with zero attached hydrogens (tertiary/aromatic N) is 2. The molecule has 4 nitrogen and oxygen atoms in total. The molecule has 2 aromatic heterocycles. The molecule has 3 aromatic carbocycles. The third kappa shape index (κ3) is 4.98. The fourth-order valence-electron chi connectivity index (χ4n) is 3.85. The number of rotatable bonds is 7. The fourth-order valence-corrected chi connectivity index (χ4v) is 5.90. The van der Waals surface area contributed by atoms with Gasteiger partial charge in [0.2, 0.25) is 0 Å². The molecule has 0 saturated carbocycles. The van der Waals surface area contributed by atoms with Gasteiger partial charge in [-0.25, -0.2) is 4.79 Å². The average Bonchev–Trinajstić information content (AvgIpc) is 3.59. The molecule has 0 saturated heterocycles. The molecule has 174 valence electrons. The fraction of sp³-hybridized carbons (Fsp3) is 0. The number of hydrogen-bond acceptors (Lipinski definition) is 5. The summed E-state index contributed by atoms with van der Waals surface area (Å²) >= 11 is 3.16. The molecule has 0 aliphatic carbocycles. The smallest absolute Gasteiger partial charge is 0.346 e. The van der Waals surface area contributed by atoms with Crippen molar-refractivity contribution in [2.24, 2.45) is 0 Å². The lowest BCUT2D eigenvalue weighted by atomic mass is 10.1. The topological polar surface area (TPSA) is 64.3 Å². The molecule has 0 aliphatic rings. The van der Waals surface area contributed by atoms with Crippen molar-refractivity contribution in [3.05, 3.63) is 120 Å². The number of para-hydroxylation sites is 2. The van der Waals surface area contributed by atoms with Gasteiger partial charge in [-0.05, 0) is 72.3 Å². The Bertz CT molecular complexity index is 1520. The third-order valence-electron chi connectivity index (χ3n) is 5.55. The van der Waals surface area contributed by atoms with Gasteiger partial charge in [0.15, 0.2) is 0 Å². The summed E-state index contributed by atoms with van der Waals surface area (Å²) in [7, 11) is 0. The van der Waals surface area contributed by atoms with Crippen LogP contribution in [-0.2, 0) is 4.79 Å². The van der Waals surface area contributed by atoms with Crippen LogP contribution in [0.4, 0.5) is 17.1 Å². The van der Waals surface area contributed by atoms with Crippen LogP contribution in [0.3, 0.4) is 0 Å². The number of carbonyl (C=O) groups is 1. The predicted molar refractivity (Wildman–Crippen MR) is 149 cm³/mol. The second kappa shape index (κ2) is 10.4. The molecule has 0 spiro atoms. The Kier molecular flexibility index (Phi) is 6.76. The van der Waals surface area contributed by atoms with Gasteiger partial charge >= 0.3 is 5.97 Å². The first-order valence-corrected chi connectivity index (χ1v) is 12.8. The zero-order chi connectivity index (χ0) is 24.9. The maximum atomic E-state index is 11.1. The van der Waals surface area contributed by atoms with Crippen LogP contribution >= 0.6 is 22.7 Å². The lowest BCUT2D eigenvalue weighted by Crippen LogP contribution is -2.09. The highest BCUT2D eigenvalue weighted by atomic mass is 32.1. The van der Waals surface area contributed by atoms with E-state index in [0.29, 0.717) is 0 Å². The summed E-state index contributed by atoms with van der Waals surface area (Å²) in [4.78, 5) is 17.4. The summed E-state index contributed by atoms with van der Waals surface area (Å²) in [5, 5.41) is 18.1. The molecule has 0 amide bonds. The maximum Gasteiger partial charge on any atom is 0.346 e. The highest BCUT2D eigenvalue weighted by Crippen LogP contribution is 2.40. The van der Waals surface area contributed by atoms with Crippen molar-refractivity contribution in [1.82, 2.24) is 0 Å². The highest BCUT2D eigenvalue weighted by molar-refractivity contribution is 7.24. The Balaban J connectivity index is 1.41. The van der Waals surface area contributed by atoms with Crippen molar-refractivity contribution < 1.29 is 9.90 Å². The van der Waals surface area contributed by atoms with Crippen molar-refractivity contribution in [3.8, 4) is 26.3 Å². The molecule has 0 fully saturated rings. The first kappa shape index (κ1) is 23.3. The number of anilines is 3. The molecule has 0 aliphatic heterocycles. The Labute approximate surface area is 217 Å². The van der Waals surface area contributed by atoms with Gasteiger partial charge in [-0.15, -0.1) is 22.7 Å². The van der Waals surface area contributed by atoms with Gasteiger partial charge < -0.3 is 10.0 Å². The van der Waals surface area contributed by atoms with Crippen LogP contribution < -0.4 is 4.90 Å². The number of nitriles is 1. The second-order valence-electron chi connectivity index (χ2n) is 7.89. The van der Waals surface area contributed by atoms with Gasteiger partial charge in [0.05, 0.1) is 0 Å². The third-order valence-corrected chi connectivity index (χ3v) is 7.91. The summed E-state index contributed by atoms with van der Waals surface area (Å²) in [6.45, 7) is 0. The van der Waals surface area contributed by atoms with Gasteiger partial charge in [-0.2, -0.15) is 5.26 Å². The number of aliphatic carboxylic acids is 1. The van der Waals surface area contributed by atoms with E-state index in [1.807, 2.05) is 48.5 Å². The molecule has 1 N–H and O–H groups in total. The van der Waals surface area contributed by atoms with Gasteiger partial charge in [-0.1, -0.05) is 48.5 Å². The molecular formula is C30H20N2O2S2. The summed E-state index contributed by atoms with van der Waals surface area (Å²) in [6, 6.07) is 38.9. The predicted octanol–water partition coefficient (Wildman–Crippen LogP) is 8.60. The van der Waals surface area contributed by atoms with Crippen LogP contribution in [0.2, 0.25) is 0 Å². The number of thiophene rings is 2. The first-order valence-electron chi connectivity index (χ1n) is 11.2. The van der Waals surface area contributed by atoms with Gasteiger partial charge in [0.1, 0.15) is 11.6 Å². The Morgan fingerprint density at radius 3 is 1.81 bits per heavy atom. The second-order valence-corrected chi connectivity index (χ2v) is 10.1. The maximum absolute atomic E-state index is 11.1. The quantitative estimate of drug-likeness (QED) is 0.178. The number of carboxylic acid groups (broad SMARTS) is 1. The van der Waals surface area contributed by atoms with E-state index >= 15 is 0 Å². The Morgan fingerprint density at radius 1 is 0.694 bits per heavy atom. The van der Waals surface area contributed by atoms with Crippen LogP contribution in [0.25, 0.3) is 26.3 Å². The largest absolute Gasteiger partial charge is 0.477 e. The molecule has 2 heterocycles. The van der Waals surface area contributed by atoms with E-state index in [4.69, 9.17) is 10.4 Å². The minimum absolute atomic E-state index is 0.268. The van der Waals surface area contributed by atoms with E-state index in [-0.39, 0.29) is 5.57 Å². The molecule has 0 unspecified atom stereocenters. The summed E-state index contributed by atoms with van der Waals surface area (Å²) in [5.74, 6) is -1.22. The Morgan fingerprint density at radius 2 is 1.22 bits per heavy atom. The summed E-state index contributed by atoms with van der Waals surface area (Å²) < 4.78 is 0. The van der Waals surface area contributed by atoms with Crippen molar-refractivity contribution in [3.63, 3.8) is 0 Å². The van der Waals surface area contributed by atoms with Crippen molar-refractivity contribution in [2.75, 3.05) is 4.90 Å². The van der Waals surface area contributed by atoms with Crippen LogP contribution in [0.1, 0.15) is 4.88 Å². The van der Waals surface area contributed by atoms with Gasteiger partial charge in [0, 0.05) is 36.6 Å². The van der Waals surface area contributed by atoms with E-state index in [9.17, 15) is 4.79 Å². The minimum Gasteiger partial charge on any atom is -0.477 e. The molecule has 5 aromatic rings. The van der Waals surface area contributed by atoms with Crippen LogP contribution in [0.5, 0.6) is 0 Å². The standard InChI is InChI=1S/C30H20N2O2S2/c31-20-22(30(33)34)19-26-15-16-28(35-26)29-18-17-27(36-29)21-11-13-25(14-12-21)32(23-7-3-1-4-8-23)24-9-5-2-6-10-24/h1-19H,(H,33,34)/b22-19+. The van der Waals surface area contributed by atoms with Crippen LogP contribution in [0.15, 0.2) is 115 Å². The Hall–Kier alpha value is -4.44. The lowest BCUT2D eigenvalue weighted by Gasteiger charge is -2.25. The summed E-state index contributed by atoms with van der Waals surface area (Å²) in [6.07, 6.45) is 1.41. The molecule has 0 radical (unpaired) electrons. The number of hydrogen-bond donors (Lipinski definition) is 1. The summed E-state index contributed by atoms with van der Waals surface area (Å²) in [5.41, 5.74) is 4.13. The van der Waals surface area contributed by atoms with E-state index in [2.05, 4.69) is 65.6 Å². The molecule has 0 atom stereocenters. The van der Waals surface area contributed by atoms with Crippen molar-refractivity contribution in [1.29, 1.82) is 5.26 Å². The van der Waals surface area contributed by atoms with Crippen molar-refractivity contribution in [2.45, 2.75) is 0 Å². The van der Waals surface area contributed by atoms with Crippen LogP contribution in [0, 0.1) is 11.3 Å². The minimum atomic E-state index is -1.22. The number of carboxylic acids is 1. The molecule has 36 heavy (non-hydrogen) atoms. The monoisotopic (exact) mass is 504 g/mol. The molecule has 6 heteroatoms. The lowest BCUT2D eigenvalue weighted by molar-refractivity contribution is -0.132.